The lowest BCUT2D eigenvalue weighted by Gasteiger charge is -2.23. The van der Waals surface area contributed by atoms with Crippen LogP contribution in [0.5, 0.6) is 0 Å². The molecule has 2 heterocycles. The quantitative estimate of drug-likeness (QED) is 0.742. The molecule has 0 aromatic rings. The minimum absolute atomic E-state index is 0.0247. The van der Waals surface area contributed by atoms with Crippen LogP contribution in [0.1, 0.15) is 51.9 Å². The Morgan fingerprint density at radius 1 is 1.35 bits per heavy atom. The second-order valence-corrected chi connectivity index (χ2v) is 7.82. The van der Waals surface area contributed by atoms with Crippen molar-refractivity contribution in [2.45, 2.75) is 62.7 Å². The second kappa shape index (κ2) is 8.13. The van der Waals surface area contributed by atoms with Gasteiger partial charge in [0.15, 0.2) is 0 Å². The predicted molar refractivity (Wildman–Crippen MR) is 84.3 cm³/mol. The average molecular weight is 300 g/mol. The highest BCUT2D eigenvalue weighted by atomic mass is 32.2. The molecule has 116 valence electrons. The van der Waals surface area contributed by atoms with Crippen LogP contribution in [0.15, 0.2) is 0 Å². The first-order valence-electron chi connectivity index (χ1n) is 7.95. The molecule has 2 saturated heterocycles. The van der Waals surface area contributed by atoms with E-state index in [1.54, 1.807) is 0 Å². The molecule has 0 spiro atoms. The smallest absolute Gasteiger partial charge is 0.314 e. The minimum Gasteiger partial charge on any atom is -0.378 e. The van der Waals surface area contributed by atoms with Crippen LogP contribution in [-0.4, -0.2) is 42.3 Å². The van der Waals surface area contributed by atoms with Crippen molar-refractivity contribution in [2.24, 2.45) is 0 Å². The molecule has 2 aliphatic rings. The molecule has 2 N–H and O–H groups in total. The maximum absolute atomic E-state index is 11.7. The van der Waals surface area contributed by atoms with Crippen LogP contribution < -0.4 is 10.6 Å². The first kappa shape index (κ1) is 16.0. The third-order valence-corrected chi connectivity index (χ3v) is 5.72. The lowest BCUT2D eigenvalue weighted by Crippen LogP contribution is -2.42. The molecule has 5 heteroatoms. The third kappa shape index (κ3) is 5.52. The van der Waals surface area contributed by atoms with Gasteiger partial charge in [0.05, 0.1) is 6.10 Å². The zero-order valence-corrected chi connectivity index (χ0v) is 13.4. The minimum atomic E-state index is -0.0247. The zero-order valence-electron chi connectivity index (χ0n) is 12.6. The molecule has 0 aromatic heterocycles. The van der Waals surface area contributed by atoms with Crippen molar-refractivity contribution in [3.63, 3.8) is 0 Å². The molecule has 0 saturated carbocycles. The summed E-state index contributed by atoms with van der Waals surface area (Å²) in [7, 11) is 0. The van der Waals surface area contributed by atoms with Gasteiger partial charge in [0, 0.05) is 24.4 Å². The topological polar surface area (TPSA) is 50.4 Å². The van der Waals surface area contributed by atoms with Gasteiger partial charge in [0.25, 0.3) is 0 Å². The summed E-state index contributed by atoms with van der Waals surface area (Å²) in [5.74, 6) is 1.22. The van der Waals surface area contributed by atoms with Gasteiger partial charge in [0.2, 0.25) is 0 Å². The summed E-state index contributed by atoms with van der Waals surface area (Å²) < 4.78 is 5.93. The van der Waals surface area contributed by atoms with Crippen LogP contribution in [0.3, 0.4) is 0 Å². The van der Waals surface area contributed by atoms with E-state index in [2.05, 4.69) is 17.6 Å². The molecular formula is C15H28N2O2S. The number of carbonyl (C=O) groups excluding carboxylic acids is 1. The molecule has 0 radical (unpaired) electrons. The van der Waals surface area contributed by atoms with Crippen LogP contribution in [0, 0.1) is 0 Å². The summed E-state index contributed by atoms with van der Waals surface area (Å²) in [5, 5.41) is 5.95. The van der Waals surface area contributed by atoms with Gasteiger partial charge in [-0.25, -0.2) is 4.79 Å². The summed E-state index contributed by atoms with van der Waals surface area (Å²) in [6.45, 7) is 4.67. The number of carbonyl (C=O) groups is 1. The number of ether oxygens (including phenoxy) is 1. The molecule has 0 bridgehead atoms. The number of rotatable bonds is 6. The summed E-state index contributed by atoms with van der Waals surface area (Å²) >= 11 is 1.97. The standard InChI is InChI=1S/C15H28N2O2S/c1-15(8-5-11-20-15)12-17-14(18)16-9-4-7-13-6-2-3-10-19-13/h13H,2-12H2,1H3,(H2,16,17,18)/t13-,15-/m0/s1. The number of hydrogen-bond acceptors (Lipinski definition) is 3. The lowest BCUT2D eigenvalue weighted by atomic mass is 10.0. The van der Waals surface area contributed by atoms with E-state index in [1.807, 2.05) is 11.8 Å². The average Bonchev–Trinajstić information content (AvgIpc) is 2.90. The van der Waals surface area contributed by atoms with E-state index in [-0.39, 0.29) is 10.8 Å². The molecule has 2 fully saturated rings. The Labute approximate surface area is 126 Å². The first-order valence-corrected chi connectivity index (χ1v) is 8.94. The molecule has 0 aromatic carbocycles. The summed E-state index contributed by atoms with van der Waals surface area (Å²) in [4.78, 5) is 11.7. The van der Waals surface area contributed by atoms with Crippen LogP contribution in [0.4, 0.5) is 4.79 Å². The molecule has 20 heavy (non-hydrogen) atoms. The van der Waals surface area contributed by atoms with Crippen molar-refractivity contribution in [1.82, 2.24) is 10.6 Å². The Hall–Kier alpha value is -0.420. The summed E-state index contributed by atoms with van der Waals surface area (Å²) in [5.41, 5.74) is 0. The number of nitrogens with one attached hydrogen (secondary N) is 2. The monoisotopic (exact) mass is 300 g/mol. The normalized spacial score (nSPS) is 30.1. The molecular weight excluding hydrogens is 272 g/mol. The summed E-state index contributed by atoms with van der Waals surface area (Å²) in [6.07, 6.45) is 8.63. The first-order chi connectivity index (χ1) is 9.68. The molecule has 4 nitrogen and oxygen atoms in total. The van der Waals surface area contributed by atoms with Gasteiger partial charge < -0.3 is 15.4 Å². The van der Waals surface area contributed by atoms with Crippen LogP contribution in [0.2, 0.25) is 0 Å². The number of thioether (sulfide) groups is 1. The van der Waals surface area contributed by atoms with Crippen LogP contribution in [0.25, 0.3) is 0 Å². The van der Waals surface area contributed by atoms with Gasteiger partial charge in [0.1, 0.15) is 0 Å². The fourth-order valence-electron chi connectivity index (χ4n) is 2.87. The number of hydrogen-bond donors (Lipinski definition) is 2. The molecule has 2 aliphatic heterocycles. The predicted octanol–water partition coefficient (Wildman–Crippen LogP) is 2.92. The van der Waals surface area contributed by atoms with E-state index < -0.39 is 0 Å². The Balaban J connectivity index is 1.49. The van der Waals surface area contributed by atoms with Crippen LogP contribution in [-0.2, 0) is 4.74 Å². The second-order valence-electron chi connectivity index (χ2n) is 6.14. The third-order valence-electron chi connectivity index (χ3n) is 4.19. The van der Waals surface area contributed by atoms with Gasteiger partial charge in [-0.05, 0) is 57.6 Å². The van der Waals surface area contributed by atoms with Crippen molar-refractivity contribution in [1.29, 1.82) is 0 Å². The fraction of sp³-hybridized carbons (Fsp3) is 0.933. The van der Waals surface area contributed by atoms with Crippen molar-refractivity contribution < 1.29 is 9.53 Å². The fourth-order valence-corrected chi connectivity index (χ4v) is 4.12. The van der Waals surface area contributed by atoms with Crippen molar-refractivity contribution in [3.05, 3.63) is 0 Å². The number of amides is 2. The van der Waals surface area contributed by atoms with Crippen LogP contribution >= 0.6 is 11.8 Å². The van der Waals surface area contributed by atoms with E-state index in [0.29, 0.717) is 6.10 Å². The van der Waals surface area contributed by atoms with Crippen molar-refractivity contribution in [3.8, 4) is 0 Å². The zero-order chi connectivity index (χ0) is 14.3. The van der Waals surface area contributed by atoms with Gasteiger partial charge >= 0.3 is 6.03 Å². The van der Waals surface area contributed by atoms with E-state index in [9.17, 15) is 4.79 Å². The Bertz CT molecular complexity index is 300. The largest absolute Gasteiger partial charge is 0.378 e. The van der Waals surface area contributed by atoms with E-state index in [0.717, 1.165) is 32.5 Å². The highest BCUT2D eigenvalue weighted by molar-refractivity contribution is 8.00. The summed E-state index contributed by atoms with van der Waals surface area (Å²) in [6, 6.07) is -0.0247. The van der Waals surface area contributed by atoms with E-state index >= 15 is 0 Å². The highest BCUT2D eigenvalue weighted by Gasteiger charge is 2.29. The van der Waals surface area contributed by atoms with Crippen molar-refractivity contribution >= 4 is 17.8 Å². The highest BCUT2D eigenvalue weighted by Crippen LogP contribution is 2.36. The van der Waals surface area contributed by atoms with Gasteiger partial charge in [-0.2, -0.15) is 11.8 Å². The molecule has 2 atom stereocenters. The Morgan fingerprint density at radius 2 is 2.25 bits per heavy atom. The Morgan fingerprint density at radius 3 is 2.95 bits per heavy atom. The van der Waals surface area contributed by atoms with E-state index in [1.165, 1.54) is 37.9 Å². The van der Waals surface area contributed by atoms with Gasteiger partial charge in [-0.3, -0.25) is 0 Å². The molecule has 0 unspecified atom stereocenters. The van der Waals surface area contributed by atoms with Gasteiger partial charge in [-0.15, -0.1) is 0 Å². The van der Waals surface area contributed by atoms with Crippen molar-refractivity contribution in [2.75, 3.05) is 25.4 Å². The Kier molecular flexibility index (Phi) is 6.49. The molecule has 0 aliphatic carbocycles. The SMILES string of the molecule is C[C@@]1(CNC(=O)NCCC[C@@H]2CCCCO2)CCCS1. The van der Waals surface area contributed by atoms with Gasteiger partial charge in [-0.1, -0.05) is 0 Å². The maximum Gasteiger partial charge on any atom is 0.314 e. The lowest BCUT2D eigenvalue weighted by molar-refractivity contribution is 0.0103. The number of urea groups is 1. The molecule has 2 amide bonds. The maximum atomic E-state index is 11.7. The van der Waals surface area contributed by atoms with E-state index in [4.69, 9.17) is 4.74 Å². The molecule has 2 rings (SSSR count).